The molecular formula is C22H30ClIN4O. The third-order valence-corrected chi connectivity index (χ3v) is 4.53. The van der Waals surface area contributed by atoms with Gasteiger partial charge in [0.05, 0.1) is 6.04 Å². The quantitative estimate of drug-likeness (QED) is 0.316. The number of hydrogen-bond acceptors (Lipinski definition) is 2. The molecular weight excluding hydrogens is 499 g/mol. The second-order valence-corrected chi connectivity index (χ2v) is 7.27. The molecule has 0 saturated carbocycles. The van der Waals surface area contributed by atoms with Gasteiger partial charge < -0.3 is 15.5 Å². The number of nitrogens with zero attached hydrogens (tertiary/aromatic N) is 2. The minimum absolute atomic E-state index is 0. The van der Waals surface area contributed by atoms with Crippen molar-refractivity contribution in [2.45, 2.75) is 26.3 Å². The Bertz CT molecular complexity index is 826. The molecule has 1 atom stereocenters. The SMILES string of the molecule is CCNC(=NCCc1cccc(C(=O)N(C)C)c1)NC(C)c1cccc(Cl)c1.I. The number of rotatable bonds is 7. The fourth-order valence-corrected chi connectivity index (χ4v) is 3.00. The molecule has 0 aliphatic rings. The van der Waals surface area contributed by atoms with Crippen LogP contribution >= 0.6 is 35.6 Å². The number of carbonyl (C=O) groups is 1. The maximum absolute atomic E-state index is 12.1. The van der Waals surface area contributed by atoms with Crippen molar-refractivity contribution in [2.24, 2.45) is 4.99 Å². The molecule has 5 nitrogen and oxygen atoms in total. The summed E-state index contributed by atoms with van der Waals surface area (Å²) in [5, 5.41) is 7.41. The lowest BCUT2D eigenvalue weighted by Crippen LogP contribution is -2.38. The van der Waals surface area contributed by atoms with Crippen molar-refractivity contribution < 1.29 is 4.79 Å². The first-order chi connectivity index (χ1) is 13.4. The number of carbonyl (C=O) groups excluding carboxylic acids is 1. The van der Waals surface area contributed by atoms with Gasteiger partial charge in [0.25, 0.3) is 5.91 Å². The van der Waals surface area contributed by atoms with Gasteiger partial charge in [-0.3, -0.25) is 9.79 Å². The number of benzene rings is 2. The van der Waals surface area contributed by atoms with Crippen LogP contribution in [0.4, 0.5) is 0 Å². The molecule has 0 aliphatic heterocycles. The Morgan fingerprint density at radius 2 is 1.90 bits per heavy atom. The predicted molar refractivity (Wildman–Crippen MR) is 133 cm³/mol. The Hall–Kier alpha value is -1.80. The Labute approximate surface area is 196 Å². The van der Waals surface area contributed by atoms with Crippen LogP contribution < -0.4 is 10.6 Å². The summed E-state index contributed by atoms with van der Waals surface area (Å²) in [6, 6.07) is 15.6. The van der Waals surface area contributed by atoms with E-state index in [-0.39, 0.29) is 35.9 Å². The normalized spacial score (nSPS) is 12.0. The van der Waals surface area contributed by atoms with Crippen molar-refractivity contribution in [1.82, 2.24) is 15.5 Å². The van der Waals surface area contributed by atoms with Crippen LogP contribution in [0.3, 0.4) is 0 Å². The van der Waals surface area contributed by atoms with E-state index in [0.717, 1.165) is 35.1 Å². The minimum atomic E-state index is 0. The summed E-state index contributed by atoms with van der Waals surface area (Å²) in [6.45, 7) is 5.52. The first-order valence-corrected chi connectivity index (χ1v) is 9.89. The second kappa shape index (κ2) is 12.7. The third-order valence-electron chi connectivity index (χ3n) is 4.30. The van der Waals surface area contributed by atoms with Crippen molar-refractivity contribution in [3.8, 4) is 0 Å². The van der Waals surface area contributed by atoms with E-state index in [0.29, 0.717) is 12.1 Å². The average Bonchev–Trinajstić information content (AvgIpc) is 2.67. The maximum atomic E-state index is 12.1. The van der Waals surface area contributed by atoms with E-state index in [9.17, 15) is 4.79 Å². The van der Waals surface area contributed by atoms with E-state index in [4.69, 9.17) is 11.6 Å². The molecule has 1 amide bonds. The highest BCUT2D eigenvalue weighted by atomic mass is 127. The summed E-state index contributed by atoms with van der Waals surface area (Å²) in [5.74, 6) is 0.770. The molecule has 0 aromatic heterocycles. The first-order valence-electron chi connectivity index (χ1n) is 9.51. The van der Waals surface area contributed by atoms with Crippen LogP contribution in [0.25, 0.3) is 0 Å². The zero-order valence-corrected chi connectivity index (χ0v) is 20.5. The number of guanidine groups is 1. The monoisotopic (exact) mass is 528 g/mol. The molecule has 0 saturated heterocycles. The second-order valence-electron chi connectivity index (χ2n) is 6.83. The molecule has 0 fully saturated rings. The average molecular weight is 529 g/mol. The van der Waals surface area contributed by atoms with Gasteiger partial charge >= 0.3 is 0 Å². The van der Waals surface area contributed by atoms with Gasteiger partial charge in [-0.25, -0.2) is 0 Å². The molecule has 0 radical (unpaired) electrons. The molecule has 0 aliphatic carbocycles. The molecule has 1 unspecified atom stereocenters. The van der Waals surface area contributed by atoms with Gasteiger partial charge in [0.2, 0.25) is 0 Å². The summed E-state index contributed by atoms with van der Waals surface area (Å²) < 4.78 is 0. The zero-order valence-electron chi connectivity index (χ0n) is 17.4. The topological polar surface area (TPSA) is 56.7 Å². The lowest BCUT2D eigenvalue weighted by molar-refractivity contribution is 0.0827. The van der Waals surface area contributed by atoms with Gasteiger partial charge in [-0.1, -0.05) is 35.9 Å². The summed E-state index contributed by atoms with van der Waals surface area (Å²) in [6.07, 6.45) is 0.761. The molecule has 0 heterocycles. The Morgan fingerprint density at radius 3 is 2.55 bits per heavy atom. The maximum Gasteiger partial charge on any atom is 0.253 e. The third kappa shape index (κ3) is 8.22. The Kier molecular flexibility index (Phi) is 11.0. The number of amides is 1. The zero-order chi connectivity index (χ0) is 20.5. The summed E-state index contributed by atoms with van der Waals surface area (Å²) in [4.78, 5) is 18.4. The number of halogens is 2. The smallest absolute Gasteiger partial charge is 0.253 e. The van der Waals surface area contributed by atoms with Gasteiger partial charge in [0, 0.05) is 37.8 Å². The highest BCUT2D eigenvalue weighted by Gasteiger charge is 2.09. The van der Waals surface area contributed by atoms with Gasteiger partial charge in [-0.15, -0.1) is 24.0 Å². The molecule has 2 aromatic carbocycles. The molecule has 0 bridgehead atoms. The summed E-state index contributed by atoms with van der Waals surface area (Å²) in [7, 11) is 3.52. The lowest BCUT2D eigenvalue weighted by Gasteiger charge is -2.18. The van der Waals surface area contributed by atoms with Gasteiger partial charge in [-0.2, -0.15) is 0 Å². The van der Waals surface area contributed by atoms with E-state index in [1.807, 2.05) is 55.5 Å². The van der Waals surface area contributed by atoms with Crippen LogP contribution in [-0.4, -0.2) is 44.0 Å². The predicted octanol–water partition coefficient (Wildman–Crippen LogP) is 4.52. The largest absolute Gasteiger partial charge is 0.357 e. The van der Waals surface area contributed by atoms with E-state index in [1.165, 1.54) is 0 Å². The number of hydrogen-bond donors (Lipinski definition) is 2. The number of aliphatic imine (C=N–C) groups is 1. The minimum Gasteiger partial charge on any atom is -0.357 e. The fourth-order valence-electron chi connectivity index (χ4n) is 2.80. The van der Waals surface area contributed by atoms with Crippen LogP contribution in [0.5, 0.6) is 0 Å². The van der Waals surface area contributed by atoms with Crippen molar-refractivity contribution >= 4 is 47.4 Å². The molecule has 158 valence electrons. The van der Waals surface area contributed by atoms with Crippen LogP contribution in [0, 0.1) is 0 Å². The van der Waals surface area contributed by atoms with Crippen LogP contribution in [0.1, 0.15) is 41.4 Å². The standard InChI is InChI=1S/C22H29ClN4O.HI/c1-5-24-22(26-16(2)18-9-7-11-20(23)15-18)25-13-12-17-8-6-10-19(14-17)21(28)27(3)4;/h6-11,14-16H,5,12-13H2,1-4H3,(H2,24,25,26);1H. The van der Waals surface area contributed by atoms with Crippen molar-refractivity contribution in [3.05, 3.63) is 70.2 Å². The van der Waals surface area contributed by atoms with E-state index in [1.54, 1.807) is 19.0 Å². The van der Waals surface area contributed by atoms with Gasteiger partial charge in [0.1, 0.15) is 0 Å². The lowest BCUT2D eigenvalue weighted by atomic mass is 10.1. The molecule has 2 N–H and O–H groups in total. The van der Waals surface area contributed by atoms with E-state index >= 15 is 0 Å². The van der Waals surface area contributed by atoms with Gasteiger partial charge in [-0.05, 0) is 55.7 Å². The Morgan fingerprint density at radius 1 is 1.17 bits per heavy atom. The van der Waals surface area contributed by atoms with E-state index < -0.39 is 0 Å². The molecule has 2 aromatic rings. The molecule has 0 spiro atoms. The van der Waals surface area contributed by atoms with Crippen molar-refractivity contribution in [3.63, 3.8) is 0 Å². The first kappa shape index (κ1) is 25.2. The van der Waals surface area contributed by atoms with Crippen LogP contribution in [0.2, 0.25) is 5.02 Å². The van der Waals surface area contributed by atoms with Crippen molar-refractivity contribution in [1.29, 1.82) is 0 Å². The van der Waals surface area contributed by atoms with Crippen LogP contribution in [0.15, 0.2) is 53.5 Å². The van der Waals surface area contributed by atoms with E-state index in [2.05, 4.69) is 22.5 Å². The van der Waals surface area contributed by atoms with Crippen LogP contribution in [-0.2, 0) is 6.42 Å². The molecule has 29 heavy (non-hydrogen) atoms. The fraction of sp³-hybridized carbons (Fsp3) is 0.364. The highest BCUT2D eigenvalue weighted by molar-refractivity contribution is 14.0. The highest BCUT2D eigenvalue weighted by Crippen LogP contribution is 2.17. The summed E-state index contributed by atoms with van der Waals surface area (Å²) >= 11 is 6.09. The van der Waals surface area contributed by atoms with Crippen molar-refractivity contribution in [2.75, 3.05) is 27.2 Å². The van der Waals surface area contributed by atoms with Gasteiger partial charge in [0.15, 0.2) is 5.96 Å². The molecule has 2 rings (SSSR count). The number of nitrogens with one attached hydrogen (secondary N) is 2. The molecule has 7 heteroatoms. The Balaban J connectivity index is 0.00000420. The summed E-state index contributed by atoms with van der Waals surface area (Å²) in [5.41, 5.74) is 2.90.